The zero-order valence-corrected chi connectivity index (χ0v) is 14.8. The fourth-order valence-corrected chi connectivity index (χ4v) is 2.61. The van der Waals surface area contributed by atoms with E-state index in [4.69, 9.17) is 4.74 Å². The molecule has 2 aromatic heterocycles. The minimum atomic E-state index is -0.545. The Morgan fingerprint density at radius 1 is 1.33 bits per heavy atom. The van der Waals surface area contributed by atoms with Crippen molar-refractivity contribution in [2.45, 2.75) is 6.54 Å². The van der Waals surface area contributed by atoms with Gasteiger partial charge in [0.2, 0.25) is 5.78 Å². The van der Waals surface area contributed by atoms with Crippen molar-refractivity contribution in [1.29, 1.82) is 0 Å². The van der Waals surface area contributed by atoms with Gasteiger partial charge in [0, 0.05) is 18.8 Å². The van der Waals surface area contributed by atoms with Gasteiger partial charge in [0.25, 0.3) is 0 Å². The van der Waals surface area contributed by atoms with Crippen LogP contribution in [0.4, 0.5) is 5.82 Å². The van der Waals surface area contributed by atoms with Crippen LogP contribution in [-0.2, 0) is 13.6 Å². The normalized spacial score (nSPS) is 11.0. The summed E-state index contributed by atoms with van der Waals surface area (Å²) in [6, 6.07) is 8.43. The van der Waals surface area contributed by atoms with E-state index in [1.165, 1.54) is 27.7 Å². The molecule has 2 heterocycles. The van der Waals surface area contributed by atoms with Gasteiger partial charge in [-0.1, -0.05) is 12.1 Å². The second kappa shape index (κ2) is 7.65. The van der Waals surface area contributed by atoms with Crippen LogP contribution in [0.25, 0.3) is 6.08 Å². The Bertz CT molecular complexity index is 1020. The molecule has 0 aliphatic heterocycles. The van der Waals surface area contributed by atoms with Crippen LogP contribution in [0, 0.1) is 10.1 Å². The summed E-state index contributed by atoms with van der Waals surface area (Å²) < 4.78 is 8.32. The first-order chi connectivity index (χ1) is 13.0. The van der Waals surface area contributed by atoms with Crippen molar-refractivity contribution in [2.24, 2.45) is 7.05 Å². The quantitative estimate of drug-likeness (QED) is 0.275. The van der Waals surface area contributed by atoms with E-state index in [9.17, 15) is 14.9 Å². The number of carbonyl (C=O) groups excluding carboxylic acids is 1. The average Bonchev–Trinajstić information content (AvgIpc) is 3.29. The minimum absolute atomic E-state index is 0.157. The van der Waals surface area contributed by atoms with Gasteiger partial charge in [0.15, 0.2) is 0 Å². The van der Waals surface area contributed by atoms with Crippen LogP contribution in [0.3, 0.4) is 0 Å². The molecule has 3 aromatic rings. The highest BCUT2D eigenvalue weighted by Crippen LogP contribution is 2.22. The van der Waals surface area contributed by atoms with Crippen LogP contribution in [-0.4, -0.2) is 37.4 Å². The Kier molecular flexibility index (Phi) is 5.11. The predicted molar refractivity (Wildman–Crippen MR) is 97.5 cm³/mol. The molecule has 0 saturated heterocycles. The van der Waals surface area contributed by atoms with Crippen molar-refractivity contribution < 1.29 is 14.5 Å². The summed E-state index contributed by atoms with van der Waals surface area (Å²) in [5.74, 6) is 0.255. The van der Waals surface area contributed by atoms with E-state index in [1.807, 2.05) is 12.1 Å². The van der Waals surface area contributed by atoms with Gasteiger partial charge in [-0.05, 0) is 34.8 Å². The number of aromatic nitrogens is 4. The summed E-state index contributed by atoms with van der Waals surface area (Å²) in [5.41, 5.74) is 2.07. The van der Waals surface area contributed by atoms with Gasteiger partial charge in [-0.25, -0.2) is 0 Å². The van der Waals surface area contributed by atoms with Gasteiger partial charge < -0.3 is 14.9 Å². The molecule has 0 amide bonds. The minimum Gasteiger partial charge on any atom is -0.496 e. The summed E-state index contributed by atoms with van der Waals surface area (Å²) in [6.07, 6.45) is 6.27. The van der Waals surface area contributed by atoms with Gasteiger partial charge in [-0.3, -0.25) is 9.48 Å². The second-order valence-electron chi connectivity index (χ2n) is 5.74. The number of rotatable bonds is 7. The Hall–Kier alpha value is -3.75. The first kappa shape index (κ1) is 18.1. The highest BCUT2D eigenvalue weighted by Gasteiger charge is 2.13. The Morgan fingerprint density at radius 2 is 2.15 bits per heavy atom. The van der Waals surface area contributed by atoms with Crippen LogP contribution in [0.1, 0.15) is 21.6 Å². The number of benzene rings is 1. The number of nitro groups is 1. The number of hydrogen-bond acceptors (Lipinski definition) is 6. The fourth-order valence-electron chi connectivity index (χ4n) is 2.61. The lowest BCUT2D eigenvalue weighted by molar-refractivity contribution is -0.389. The van der Waals surface area contributed by atoms with Crippen LogP contribution in [0.5, 0.6) is 5.75 Å². The number of hydrogen-bond donors (Lipinski definition) is 0. The summed E-state index contributed by atoms with van der Waals surface area (Å²) in [5, 5.41) is 18.7. The van der Waals surface area contributed by atoms with E-state index in [1.54, 1.807) is 38.6 Å². The molecule has 138 valence electrons. The molecule has 27 heavy (non-hydrogen) atoms. The molecule has 0 unspecified atom stereocenters. The predicted octanol–water partition coefficient (Wildman–Crippen LogP) is 2.48. The highest BCUT2D eigenvalue weighted by molar-refractivity contribution is 6.05. The molecule has 0 aliphatic rings. The Morgan fingerprint density at radius 3 is 2.78 bits per heavy atom. The van der Waals surface area contributed by atoms with Gasteiger partial charge in [0.05, 0.1) is 31.0 Å². The molecule has 9 heteroatoms. The van der Waals surface area contributed by atoms with E-state index < -0.39 is 4.92 Å². The maximum Gasteiger partial charge on any atom is 0.389 e. The van der Waals surface area contributed by atoms with Crippen molar-refractivity contribution in [3.05, 3.63) is 75.7 Å². The van der Waals surface area contributed by atoms with Crippen molar-refractivity contribution >= 4 is 17.7 Å². The lowest BCUT2D eigenvalue weighted by Crippen LogP contribution is -2.04. The molecule has 0 fully saturated rings. The van der Waals surface area contributed by atoms with Crippen molar-refractivity contribution in [2.75, 3.05) is 7.11 Å². The summed E-state index contributed by atoms with van der Waals surface area (Å²) >= 11 is 0. The highest BCUT2D eigenvalue weighted by atomic mass is 16.6. The molecule has 0 N–H and O–H groups in total. The molecular formula is C18H17N5O4. The molecule has 0 aliphatic carbocycles. The van der Waals surface area contributed by atoms with E-state index in [2.05, 4.69) is 10.2 Å². The lowest BCUT2D eigenvalue weighted by atomic mass is 10.1. The van der Waals surface area contributed by atoms with Crippen LogP contribution in [0.15, 0.2) is 48.8 Å². The third-order valence-electron chi connectivity index (χ3n) is 3.95. The number of aryl methyl sites for hydroxylation is 1. The largest absolute Gasteiger partial charge is 0.496 e. The number of nitrogens with zero attached hydrogens (tertiary/aromatic N) is 5. The smallest absolute Gasteiger partial charge is 0.389 e. The first-order valence-electron chi connectivity index (χ1n) is 8.03. The molecule has 0 atom stereocenters. The van der Waals surface area contributed by atoms with E-state index in [-0.39, 0.29) is 11.6 Å². The second-order valence-corrected chi connectivity index (χ2v) is 5.74. The van der Waals surface area contributed by atoms with Gasteiger partial charge in [0.1, 0.15) is 11.4 Å². The van der Waals surface area contributed by atoms with Gasteiger partial charge in [-0.2, -0.15) is 9.78 Å². The third kappa shape index (κ3) is 4.09. The lowest BCUT2D eigenvalue weighted by Gasteiger charge is -2.08. The number of allylic oxidation sites excluding steroid dienone is 1. The standard InChI is InChI=1S/C18H17N5O4/c1-21-15(7-9-19-21)16(24)5-3-13-4-6-17(27-2)14(11-13)12-22-10-8-18(20-22)23(25)26/h3-11H,12H2,1-2H3/b5-3+. The monoisotopic (exact) mass is 367 g/mol. The number of ketones is 1. The average molecular weight is 367 g/mol. The van der Waals surface area contributed by atoms with E-state index >= 15 is 0 Å². The number of carbonyl (C=O) groups is 1. The summed E-state index contributed by atoms with van der Waals surface area (Å²) in [4.78, 5) is 22.4. The summed E-state index contributed by atoms with van der Waals surface area (Å²) in [7, 11) is 3.25. The van der Waals surface area contributed by atoms with Gasteiger partial charge in [-0.15, -0.1) is 0 Å². The molecule has 0 bridgehead atoms. The third-order valence-corrected chi connectivity index (χ3v) is 3.95. The topological polar surface area (TPSA) is 105 Å². The molecule has 1 aromatic carbocycles. The van der Waals surface area contributed by atoms with Crippen molar-refractivity contribution in [1.82, 2.24) is 19.6 Å². The first-order valence-corrected chi connectivity index (χ1v) is 8.03. The van der Waals surface area contributed by atoms with E-state index in [0.717, 1.165) is 11.1 Å². The molecule has 0 radical (unpaired) electrons. The fraction of sp³-hybridized carbons (Fsp3) is 0.167. The van der Waals surface area contributed by atoms with Crippen molar-refractivity contribution in [3.63, 3.8) is 0 Å². The maximum atomic E-state index is 12.2. The van der Waals surface area contributed by atoms with Gasteiger partial charge >= 0.3 is 5.82 Å². The Labute approximate surface area is 154 Å². The van der Waals surface area contributed by atoms with Crippen LogP contribution < -0.4 is 4.74 Å². The van der Waals surface area contributed by atoms with Crippen LogP contribution >= 0.6 is 0 Å². The zero-order valence-electron chi connectivity index (χ0n) is 14.8. The van der Waals surface area contributed by atoms with E-state index in [0.29, 0.717) is 18.0 Å². The molecule has 3 rings (SSSR count). The Balaban J connectivity index is 1.82. The number of ether oxygens (including phenoxy) is 1. The zero-order chi connectivity index (χ0) is 19.4. The molecule has 9 nitrogen and oxygen atoms in total. The molecule has 0 saturated carbocycles. The summed E-state index contributed by atoms with van der Waals surface area (Å²) in [6.45, 7) is 0.300. The molecular weight excluding hydrogens is 350 g/mol. The van der Waals surface area contributed by atoms with Crippen LogP contribution in [0.2, 0.25) is 0 Å². The molecule has 0 spiro atoms. The number of methoxy groups -OCH3 is 1. The van der Waals surface area contributed by atoms with Crippen molar-refractivity contribution in [3.8, 4) is 5.75 Å². The SMILES string of the molecule is COc1ccc(/C=C/C(=O)c2ccnn2C)cc1Cn1ccc([N+](=O)[O-])n1. The maximum absolute atomic E-state index is 12.2.